The Bertz CT molecular complexity index is 192. The highest BCUT2D eigenvalue weighted by Crippen LogP contribution is 2.32. The van der Waals surface area contributed by atoms with Crippen molar-refractivity contribution >= 4 is 13.6 Å². The smallest absolute Gasteiger partial charge is 0.330 e. The highest BCUT2D eigenvalue weighted by atomic mass is 31.2. The fraction of sp³-hybridized carbons (Fsp3) is 0.500. The summed E-state index contributed by atoms with van der Waals surface area (Å²) in [6, 6.07) is 0. The minimum absolute atomic E-state index is 0.0625. The van der Waals surface area contributed by atoms with Gasteiger partial charge >= 0.3 is 13.6 Å². The minimum Gasteiger partial charge on any atom is -0.478 e. The van der Waals surface area contributed by atoms with Crippen LogP contribution in [0.4, 0.5) is 0 Å². The van der Waals surface area contributed by atoms with Gasteiger partial charge in [-0.15, -0.1) is 0 Å². The van der Waals surface area contributed by atoms with Crippen molar-refractivity contribution in [1.82, 2.24) is 0 Å². The summed E-state index contributed by atoms with van der Waals surface area (Å²) in [5.74, 6) is -0.935. The first-order valence-corrected chi connectivity index (χ1v) is 4.93. The molecule has 0 bridgehead atoms. The topological polar surface area (TPSA) is 94.8 Å². The normalized spacial score (nSPS) is 9.67. The molecule has 0 aliphatic rings. The summed E-state index contributed by atoms with van der Waals surface area (Å²) < 4.78 is 9.69. The largest absolute Gasteiger partial charge is 0.478 e. The summed E-state index contributed by atoms with van der Waals surface area (Å²) in [5.41, 5.74) is 0.176. The zero-order valence-corrected chi connectivity index (χ0v) is 7.91. The molecule has 6 heteroatoms. The van der Waals surface area contributed by atoms with Gasteiger partial charge in [-0.2, -0.15) is 0 Å². The maximum atomic E-state index is 9.69. The number of carbonyl (C=O) groups is 1. The van der Waals surface area contributed by atoms with Crippen LogP contribution in [0.5, 0.6) is 0 Å². The summed E-state index contributed by atoms with van der Waals surface area (Å²) in [7, 11) is -3.65. The van der Waals surface area contributed by atoms with Gasteiger partial charge in [0, 0.05) is 11.7 Å². The lowest BCUT2D eigenvalue weighted by Crippen LogP contribution is -1.92. The molecule has 0 spiro atoms. The van der Waals surface area contributed by atoms with E-state index >= 15 is 0 Å². The zero-order valence-electron chi connectivity index (χ0n) is 7.02. The van der Waals surface area contributed by atoms with Crippen LogP contribution in [0, 0.1) is 0 Å². The number of rotatable bonds is 2. The number of hydrogen-bond donors (Lipinski definition) is 3. The van der Waals surface area contributed by atoms with Gasteiger partial charge in [-0.05, 0) is 6.92 Å². The molecule has 0 heterocycles. The third-order valence-electron chi connectivity index (χ3n) is 0.777. The highest BCUT2D eigenvalue weighted by molar-refractivity contribution is 7.51. The Labute approximate surface area is 70.9 Å². The van der Waals surface area contributed by atoms with Crippen LogP contribution < -0.4 is 0 Å². The molecule has 0 aromatic heterocycles. The monoisotopic (exact) mass is 196 g/mol. The Morgan fingerprint density at radius 1 is 1.50 bits per heavy atom. The average Bonchev–Trinajstić information content (AvgIpc) is 1.87. The highest BCUT2D eigenvalue weighted by Gasteiger charge is 2.05. The number of aliphatic carboxylic acids is 1. The second-order valence-electron chi connectivity index (χ2n) is 2.07. The first kappa shape index (κ1) is 13.9. The van der Waals surface area contributed by atoms with E-state index in [0.717, 1.165) is 0 Å². The van der Waals surface area contributed by atoms with Crippen LogP contribution >= 0.6 is 7.60 Å². The molecule has 72 valence electrons. The molecule has 3 N–H and O–H groups in total. The van der Waals surface area contributed by atoms with E-state index in [1.807, 2.05) is 0 Å². The summed E-state index contributed by atoms with van der Waals surface area (Å²) in [6.45, 7) is 6.05. The average molecular weight is 196 g/mol. The van der Waals surface area contributed by atoms with Crippen molar-refractivity contribution in [3.05, 3.63) is 12.2 Å². The van der Waals surface area contributed by atoms with E-state index in [2.05, 4.69) is 6.58 Å². The zero-order chi connectivity index (χ0) is 10.4. The molecule has 0 rings (SSSR count). The Hall–Kier alpha value is -0.640. The molecule has 0 amide bonds. The van der Waals surface area contributed by atoms with Crippen molar-refractivity contribution in [3.63, 3.8) is 0 Å². The predicted octanol–water partition coefficient (Wildman–Crippen LogP) is 0.831. The van der Waals surface area contributed by atoms with E-state index in [1.165, 1.54) is 13.8 Å². The van der Waals surface area contributed by atoms with Gasteiger partial charge in [0.1, 0.15) is 0 Å². The van der Waals surface area contributed by atoms with Crippen molar-refractivity contribution in [3.8, 4) is 0 Å². The fourth-order valence-electron chi connectivity index (χ4n) is 0. The van der Waals surface area contributed by atoms with Crippen molar-refractivity contribution in [2.45, 2.75) is 13.8 Å². The molecule has 0 radical (unpaired) electrons. The van der Waals surface area contributed by atoms with Gasteiger partial charge in [0.15, 0.2) is 0 Å². The number of carboxylic acid groups (broad SMARTS) is 1. The van der Waals surface area contributed by atoms with Crippen LogP contribution in [0.3, 0.4) is 0 Å². The molecule has 0 unspecified atom stereocenters. The molecular formula is C6H13O5P. The molecule has 0 saturated carbocycles. The molecule has 0 saturated heterocycles. The first-order valence-electron chi connectivity index (χ1n) is 3.14. The lowest BCUT2D eigenvalue weighted by Gasteiger charge is -1.92. The standard InChI is InChI=1S/C4H6O2.C2H7O3P/c1-3(2)4(5)6;1-2-6(3,4)5/h1H2,2H3,(H,5,6);2H2,1H3,(H2,3,4,5). The third kappa shape index (κ3) is 16.2. The lowest BCUT2D eigenvalue weighted by atomic mass is 10.4. The number of carboxylic acids is 1. The minimum atomic E-state index is -3.65. The summed E-state index contributed by atoms with van der Waals surface area (Å²) in [5, 5.41) is 7.89. The lowest BCUT2D eigenvalue weighted by molar-refractivity contribution is -0.132. The third-order valence-corrected chi connectivity index (χ3v) is 1.60. The van der Waals surface area contributed by atoms with Gasteiger partial charge < -0.3 is 14.9 Å². The van der Waals surface area contributed by atoms with E-state index in [4.69, 9.17) is 14.9 Å². The Morgan fingerprint density at radius 3 is 1.67 bits per heavy atom. The molecule has 0 aromatic carbocycles. The van der Waals surface area contributed by atoms with E-state index in [1.54, 1.807) is 0 Å². The van der Waals surface area contributed by atoms with E-state index in [9.17, 15) is 9.36 Å². The molecule has 0 aliphatic heterocycles. The molecule has 0 aromatic rings. The van der Waals surface area contributed by atoms with Crippen molar-refractivity contribution < 1.29 is 24.3 Å². The van der Waals surface area contributed by atoms with Gasteiger partial charge in [0.05, 0.1) is 0 Å². The SMILES string of the molecule is C=C(C)C(=O)O.CCP(=O)(O)O. The van der Waals surface area contributed by atoms with Crippen molar-refractivity contribution in [1.29, 1.82) is 0 Å². The molecule has 12 heavy (non-hydrogen) atoms. The van der Waals surface area contributed by atoms with Crippen molar-refractivity contribution in [2.24, 2.45) is 0 Å². The first-order chi connectivity index (χ1) is 5.20. The molecule has 0 atom stereocenters. The maximum absolute atomic E-state index is 9.69. The van der Waals surface area contributed by atoms with Crippen LogP contribution in [0.25, 0.3) is 0 Å². The van der Waals surface area contributed by atoms with Crippen LogP contribution in [-0.4, -0.2) is 27.0 Å². The number of hydrogen-bond acceptors (Lipinski definition) is 2. The fourth-order valence-corrected chi connectivity index (χ4v) is 0. The van der Waals surface area contributed by atoms with Gasteiger partial charge in [-0.3, -0.25) is 4.57 Å². The summed E-state index contributed by atoms with van der Waals surface area (Å²) in [4.78, 5) is 25.5. The second-order valence-corrected chi connectivity index (χ2v) is 4.03. The van der Waals surface area contributed by atoms with Crippen LogP contribution in [0.1, 0.15) is 13.8 Å². The summed E-state index contributed by atoms with van der Waals surface area (Å²) >= 11 is 0. The van der Waals surface area contributed by atoms with Crippen molar-refractivity contribution in [2.75, 3.05) is 6.16 Å². The van der Waals surface area contributed by atoms with E-state index < -0.39 is 13.6 Å². The van der Waals surface area contributed by atoms with Gasteiger partial charge in [0.25, 0.3) is 0 Å². The van der Waals surface area contributed by atoms with Gasteiger partial charge in [-0.25, -0.2) is 4.79 Å². The van der Waals surface area contributed by atoms with Crippen LogP contribution in [-0.2, 0) is 9.36 Å². The molecular weight excluding hydrogens is 183 g/mol. The maximum Gasteiger partial charge on any atom is 0.330 e. The van der Waals surface area contributed by atoms with E-state index in [-0.39, 0.29) is 11.7 Å². The second kappa shape index (κ2) is 5.94. The summed E-state index contributed by atoms with van der Waals surface area (Å²) in [6.07, 6.45) is -0.0625. The molecule has 0 aliphatic carbocycles. The van der Waals surface area contributed by atoms with E-state index in [0.29, 0.717) is 0 Å². The van der Waals surface area contributed by atoms with Crippen LogP contribution in [0.15, 0.2) is 12.2 Å². The Morgan fingerprint density at radius 2 is 1.67 bits per heavy atom. The van der Waals surface area contributed by atoms with Gasteiger partial charge in [0.2, 0.25) is 0 Å². The molecule has 0 fully saturated rings. The quantitative estimate of drug-likeness (QED) is 0.449. The molecule has 5 nitrogen and oxygen atoms in total. The van der Waals surface area contributed by atoms with Gasteiger partial charge in [-0.1, -0.05) is 13.5 Å². The predicted molar refractivity (Wildman–Crippen MR) is 45.0 cm³/mol. The van der Waals surface area contributed by atoms with Crippen LogP contribution in [0.2, 0.25) is 0 Å². The Balaban J connectivity index is 0. The Kier molecular flexibility index (Phi) is 6.89.